The van der Waals surface area contributed by atoms with E-state index in [0.29, 0.717) is 24.0 Å². The van der Waals surface area contributed by atoms with Gasteiger partial charge >= 0.3 is 6.18 Å². The van der Waals surface area contributed by atoms with Gasteiger partial charge in [-0.1, -0.05) is 18.2 Å². The van der Waals surface area contributed by atoms with Gasteiger partial charge in [-0.2, -0.15) is 13.2 Å². The van der Waals surface area contributed by atoms with Gasteiger partial charge in [-0.25, -0.2) is 0 Å². The SMILES string of the molecule is COc1ccc2c(c1)CCC(=O)/C2=C/c1ccc(C(F)(F)F)cc1. The Morgan fingerprint density at radius 1 is 1.04 bits per heavy atom. The van der Waals surface area contributed by atoms with Gasteiger partial charge in [-0.3, -0.25) is 4.79 Å². The van der Waals surface area contributed by atoms with Gasteiger partial charge in [0.15, 0.2) is 5.78 Å². The molecule has 0 amide bonds. The van der Waals surface area contributed by atoms with E-state index in [1.54, 1.807) is 19.3 Å². The minimum atomic E-state index is -4.37. The summed E-state index contributed by atoms with van der Waals surface area (Å²) in [5.41, 5.74) is 2.21. The highest BCUT2D eigenvalue weighted by Gasteiger charge is 2.30. The smallest absolute Gasteiger partial charge is 0.416 e. The van der Waals surface area contributed by atoms with Gasteiger partial charge < -0.3 is 4.74 Å². The Morgan fingerprint density at radius 2 is 1.75 bits per heavy atom. The third-order valence-electron chi connectivity index (χ3n) is 4.07. The minimum Gasteiger partial charge on any atom is -0.497 e. The molecule has 1 aliphatic carbocycles. The Bertz CT molecular complexity index is 802. The van der Waals surface area contributed by atoms with Gasteiger partial charge in [-0.15, -0.1) is 0 Å². The van der Waals surface area contributed by atoms with Crippen LogP contribution in [0.15, 0.2) is 42.5 Å². The molecule has 3 rings (SSSR count). The molecule has 0 aromatic heterocycles. The van der Waals surface area contributed by atoms with E-state index in [0.717, 1.165) is 29.0 Å². The third-order valence-corrected chi connectivity index (χ3v) is 4.07. The number of ether oxygens (including phenoxy) is 1. The van der Waals surface area contributed by atoms with Crippen molar-refractivity contribution in [2.45, 2.75) is 19.0 Å². The molecule has 0 fully saturated rings. The quantitative estimate of drug-likeness (QED) is 0.741. The molecule has 0 saturated carbocycles. The van der Waals surface area contributed by atoms with E-state index in [1.165, 1.54) is 12.1 Å². The topological polar surface area (TPSA) is 26.3 Å². The zero-order valence-electron chi connectivity index (χ0n) is 13.0. The van der Waals surface area contributed by atoms with Crippen molar-refractivity contribution in [1.82, 2.24) is 0 Å². The second-order valence-electron chi connectivity index (χ2n) is 5.62. The predicted octanol–water partition coefficient (Wildman–Crippen LogP) is 4.77. The summed E-state index contributed by atoms with van der Waals surface area (Å²) in [4.78, 5) is 12.3. The molecule has 24 heavy (non-hydrogen) atoms. The van der Waals surface area contributed by atoms with E-state index in [1.807, 2.05) is 12.1 Å². The molecule has 0 radical (unpaired) electrons. The summed E-state index contributed by atoms with van der Waals surface area (Å²) < 4.78 is 43.1. The lowest BCUT2D eigenvalue weighted by atomic mass is 9.85. The largest absolute Gasteiger partial charge is 0.497 e. The van der Waals surface area contributed by atoms with Crippen molar-refractivity contribution < 1.29 is 22.7 Å². The van der Waals surface area contributed by atoms with Gasteiger partial charge in [0.1, 0.15) is 5.75 Å². The summed E-state index contributed by atoms with van der Waals surface area (Å²) in [6.07, 6.45) is -1.70. The summed E-state index contributed by atoms with van der Waals surface area (Å²) in [7, 11) is 1.58. The highest BCUT2D eigenvalue weighted by Crippen LogP contribution is 2.33. The van der Waals surface area contributed by atoms with E-state index >= 15 is 0 Å². The zero-order chi connectivity index (χ0) is 17.3. The molecule has 1 aliphatic rings. The van der Waals surface area contributed by atoms with Crippen molar-refractivity contribution in [2.75, 3.05) is 7.11 Å². The number of methoxy groups -OCH3 is 1. The first-order chi connectivity index (χ1) is 11.4. The molecule has 0 bridgehead atoms. The summed E-state index contributed by atoms with van der Waals surface area (Å²) in [6, 6.07) is 10.3. The second-order valence-corrected chi connectivity index (χ2v) is 5.62. The molecule has 0 unspecified atom stereocenters. The highest BCUT2D eigenvalue weighted by molar-refractivity contribution is 6.26. The van der Waals surface area contributed by atoms with Crippen LogP contribution in [-0.2, 0) is 17.4 Å². The molecule has 2 aromatic carbocycles. The van der Waals surface area contributed by atoms with Crippen LogP contribution in [0.1, 0.15) is 28.7 Å². The molecular formula is C19H15F3O2. The first kappa shape index (κ1) is 16.3. The van der Waals surface area contributed by atoms with Crippen LogP contribution in [0, 0.1) is 0 Å². The van der Waals surface area contributed by atoms with Crippen LogP contribution in [0.2, 0.25) is 0 Å². The van der Waals surface area contributed by atoms with Gasteiger partial charge in [0.25, 0.3) is 0 Å². The number of carbonyl (C=O) groups is 1. The molecule has 0 N–H and O–H groups in total. The normalized spacial score (nSPS) is 16.2. The van der Waals surface area contributed by atoms with Crippen LogP contribution < -0.4 is 4.74 Å². The molecule has 0 heterocycles. The van der Waals surface area contributed by atoms with E-state index in [-0.39, 0.29) is 5.78 Å². The van der Waals surface area contributed by atoms with Crippen molar-refractivity contribution in [1.29, 1.82) is 0 Å². The zero-order valence-corrected chi connectivity index (χ0v) is 13.0. The molecular weight excluding hydrogens is 317 g/mol. The number of aryl methyl sites for hydroxylation is 1. The van der Waals surface area contributed by atoms with Crippen LogP contribution in [0.4, 0.5) is 13.2 Å². The number of allylic oxidation sites excluding steroid dienone is 1. The molecule has 0 saturated heterocycles. The molecule has 0 atom stereocenters. The lowest BCUT2D eigenvalue weighted by Gasteiger charge is -2.19. The Balaban J connectivity index is 1.99. The number of halogens is 3. The fourth-order valence-corrected chi connectivity index (χ4v) is 2.79. The fraction of sp³-hybridized carbons (Fsp3) is 0.211. The van der Waals surface area contributed by atoms with Gasteiger partial charge in [-0.05, 0) is 53.5 Å². The van der Waals surface area contributed by atoms with Crippen LogP contribution in [-0.4, -0.2) is 12.9 Å². The number of carbonyl (C=O) groups excluding carboxylic acids is 1. The molecule has 124 valence electrons. The molecule has 2 aromatic rings. The minimum absolute atomic E-state index is 0.00688. The van der Waals surface area contributed by atoms with Crippen molar-refractivity contribution in [3.63, 3.8) is 0 Å². The average molecular weight is 332 g/mol. The van der Waals surface area contributed by atoms with E-state index in [4.69, 9.17) is 4.74 Å². The number of fused-ring (bicyclic) bond motifs is 1. The summed E-state index contributed by atoms with van der Waals surface area (Å²) in [6.45, 7) is 0. The maximum Gasteiger partial charge on any atom is 0.416 e. The average Bonchev–Trinajstić information content (AvgIpc) is 2.56. The fourth-order valence-electron chi connectivity index (χ4n) is 2.79. The number of benzene rings is 2. The maximum absolute atomic E-state index is 12.6. The summed E-state index contributed by atoms with van der Waals surface area (Å²) in [5, 5.41) is 0. The van der Waals surface area contributed by atoms with Crippen LogP contribution in [0.3, 0.4) is 0 Å². The molecule has 5 heteroatoms. The van der Waals surface area contributed by atoms with E-state index < -0.39 is 11.7 Å². The lowest BCUT2D eigenvalue weighted by molar-refractivity contribution is -0.137. The first-order valence-corrected chi connectivity index (χ1v) is 7.48. The van der Waals surface area contributed by atoms with Crippen molar-refractivity contribution in [3.05, 3.63) is 64.7 Å². The van der Waals surface area contributed by atoms with Crippen molar-refractivity contribution in [2.24, 2.45) is 0 Å². The van der Waals surface area contributed by atoms with Crippen molar-refractivity contribution >= 4 is 17.4 Å². The number of rotatable bonds is 2. The number of ketones is 1. The first-order valence-electron chi connectivity index (χ1n) is 7.48. The van der Waals surface area contributed by atoms with E-state index in [9.17, 15) is 18.0 Å². The van der Waals surface area contributed by atoms with Crippen LogP contribution in [0.5, 0.6) is 5.75 Å². The number of hydrogen-bond acceptors (Lipinski definition) is 2. The third kappa shape index (κ3) is 3.20. The molecule has 0 spiro atoms. The van der Waals surface area contributed by atoms with Crippen molar-refractivity contribution in [3.8, 4) is 5.75 Å². The predicted molar refractivity (Wildman–Crippen MR) is 85.6 cm³/mol. The van der Waals surface area contributed by atoms with E-state index in [2.05, 4.69) is 0 Å². The monoisotopic (exact) mass is 332 g/mol. The Morgan fingerprint density at radius 3 is 2.38 bits per heavy atom. The number of Topliss-reactive ketones (excluding diaryl/α,β-unsaturated/α-hetero) is 1. The standard InChI is InChI=1S/C19H15F3O2/c1-24-15-7-8-16-13(11-15)4-9-18(23)17(16)10-12-2-5-14(6-3-12)19(20,21)22/h2-3,5-8,10-11H,4,9H2,1H3/b17-10+. The number of hydrogen-bond donors (Lipinski definition) is 0. The Labute approximate surface area is 137 Å². The van der Waals surface area contributed by atoms with Crippen LogP contribution in [0.25, 0.3) is 11.6 Å². The second kappa shape index (κ2) is 6.15. The Kier molecular flexibility index (Phi) is 4.18. The highest BCUT2D eigenvalue weighted by atomic mass is 19.4. The maximum atomic E-state index is 12.6. The molecule has 2 nitrogen and oxygen atoms in total. The van der Waals surface area contributed by atoms with Gasteiger partial charge in [0.05, 0.1) is 12.7 Å². The summed E-state index contributed by atoms with van der Waals surface area (Å²) in [5.74, 6) is 0.713. The Hall–Kier alpha value is -2.56. The van der Waals surface area contributed by atoms with Gasteiger partial charge in [0.2, 0.25) is 0 Å². The van der Waals surface area contributed by atoms with Gasteiger partial charge in [0, 0.05) is 12.0 Å². The number of alkyl halides is 3. The van der Waals surface area contributed by atoms with Crippen LogP contribution >= 0.6 is 0 Å². The molecule has 0 aliphatic heterocycles. The lowest BCUT2D eigenvalue weighted by Crippen LogP contribution is -2.12. The summed E-state index contributed by atoms with van der Waals surface area (Å²) >= 11 is 0.